The highest BCUT2D eigenvalue weighted by molar-refractivity contribution is 5.76. The predicted molar refractivity (Wildman–Crippen MR) is 61.4 cm³/mol. The lowest BCUT2D eigenvalue weighted by Crippen LogP contribution is -2.46. The number of rotatable bonds is 3. The van der Waals surface area contributed by atoms with E-state index in [0.29, 0.717) is 6.42 Å². The molecule has 1 aliphatic rings. The van der Waals surface area contributed by atoms with Crippen LogP contribution in [0.15, 0.2) is 0 Å². The van der Waals surface area contributed by atoms with Gasteiger partial charge in [-0.15, -0.1) is 0 Å². The highest BCUT2D eigenvalue weighted by atomic mass is 19.1. The average Bonchev–Trinajstić information content (AvgIpc) is 2.60. The first-order chi connectivity index (χ1) is 7.73. The molecule has 0 saturated heterocycles. The van der Waals surface area contributed by atoms with Crippen LogP contribution in [-0.2, 0) is 4.79 Å². The minimum absolute atomic E-state index is 0.0335. The van der Waals surface area contributed by atoms with Gasteiger partial charge >= 0.3 is 12.1 Å². The van der Waals surface area contributed by atoms with Crippen LogP contribution in [0.2, 0.25) is 0 Å². The number of carbonyl (C=O) groups excluding carboxylic acids is 1. The summed E-state index contributed by atoms with van der Waals surface area (Å²) >= 11 is 0. The third-order valence-corrected chi connectivity index (χ3v) is 3.53. The van der Waals surface area contributed by atoms with Crippen molar-refractivity contribution < 1.29 is 19.1 Å². The van der Waals surface area contributed by atoms with E-state index in [4.69, 9.17) is 5.11 Å². The first kappa shape index (κ1) is 13.9. The number of halogens is 1. The summed E-state index contributed by atoms with van der Waals surface area (Å²) in [6.45, 7) is 5.50. The summed E-state index contributed by atoms with van der Waals surface area (Å²) in [5, 5.41) is 9.07. The topological polar surface area (TPSA) is 57.6 Å². The van der Waals surface area contributed by atoms with Gasteiger partial charge in [0.15, 0.2) is 0 Å². The Hall–Kier alpha value is -1.13. The summed E-state index contributed by atoms with van der Waals surface area (Å²) in [5.74, 6) is 0.179. The van der Waals surface area contributed by atoms with Gasteiger partial charge in [-0.2, -0.15) is 4.39 Å². The maximum atomic E-state index is 12.4. The Balaban J connectivity index is 2.86. The molecule has 1 aliphatic carbocycles. The van der Waals surface area contributed by atoms with Gasteiger partial charge in [0.2, 0.25) is 0 Å². The van der Waals surface area contributed by atoms with Crippen molar-refractivity contribution in [2.75, 3.05) is 6.54 Å². The second-order valence-corrected chi connectivity index (χ2v) is 5.74. The largest absolute Gasteiger partial charge is 0.465 e. The molecule has 1 fully saturated rings. The summed E-state index contributed by atoms with van der Waals surface area (Å²) in [6.07, 6.45) is 1.36. The minimum atomic E-state index is -1.59. The molecule has 0 aromatic rings. The predicted octanol–water partition coefficient (Wildman–Crippen LogP) is 2.68. The van der Waals surface area contributed by atoms with Gasteiger partial charge in [-0.05, 0) is 24.2 Å². The normalized spacial score (nSPS) is 24.7. The SMILES string of the molecule is CC(C)(C)C1CCCC1N(CC(=O)F)C(=O)O. The molecule has 0 bridgehead atoms. The Labute approximate surface area is 101 Å². The molecule has 1 rings (SSSR count). The van der Waals surface area contributed by atoms with Crippen molar-refractivity contribution in [2.45, 2.75) is 46.1 Å². The lowest BCUT2D eigenvalue weighted by molar-refractivity contribution is -0.131. The second-order valence-electron chi connectivity index (χ2n) is 5.74. The Kier molecular flexibility index (Phi) is 4.11. The molecule has 0 aromatic carbocycles. The monoisotopic (exact) mass is 245 g/mol. The van der Waals surface area contributed by atoms with E-state index in [1.165, 1.54) is 0 Å². The van der Waals surface area contributed by atoms with Gasteiger partial charge in [0.25, 0.3) is 0 Å². The zero-order valence-corrected chi connectivity index (χ0v) is 10.6. The van der Waals surface area contributed by atoms with Gasteiger partial charge in [0, 0.05) is 6.04 Å². The van der Waals surface area contributed by atoms with E-state index in [1.54, 1.807) is 0 Å². The zero-order chi connectivity index (χ0) is 13.2. The minimum Gasteiger partial charge on any atom is -0.465 e. The van der Waals surface area contributed by atoms with Crippen LogP contribution in [0.5, 0.6) is 0 Å². The van der Waals surface area contributed by atoms with E-state index in [0.717, 1.165) is 17.7 Å². The fourth-order valence-corrected chi connectivity index (χ4v) is 2.78. The van der Waals surface area contributed by atoms with Crippen LogP contribution in [0, 0.1) is 11.3 Å². The van der Waals surface area contributed by atoms with Gasteiger partial charge in [-0.3, -0.25) is 9.69 Å². The molecule has 4 nitrogen and oxygen atoms in total. The highest BCUT2D eigenvalue weighted by Crippen LogP contribution is 2.41. The van der Waals surface area contributed by atoms with Gasteiger partial charge in [-0.25, -0.2) is 4.79 Å². The molecule has 1 N–H and O–H groups in total. The molecule has 1 amide bonds. The molecular formula is C12H20FNO3. The Bertz CT molecular complexity index is 311. The first-order valence-corrected chi connectivity index (χ1v) is 5.91. The zero-order valence-electron chi connectivity index (χ0n) is 10.6. The molecule has 2 atom stereocenters. The van der Waals surface area contributed by atoms with E-state index in [2.05, 4.69) is 0 Å². The third kappa shape index (κ3) is 3.41. The van der Waals surface area contributed by atoms with Gasteiger partial charge in [0.05, 0.1) is 0 Å². The maximum absolute atomic E-state index is 12.4. The smallest absolute Gasteiger partial charge is 0.408 e. The molecule has 0 aromatic heterocycles. The third-order valence-electron chi connectivity index (χ3n) is 3.53. The maximum Gasteiger partial charge on any atom is 0.408 e. The summed E-state index contributed by atoms with van der Waals surface area (Å²) in [4.78, 5) is 22.6. The van der Waals surface area contributed by atoms with Crippen LogP contribution >= 0.6 is 0 Å². The quantitative estimate of drug-likeness (QED) is 0.778. The number of nitrogens with zero attached hydrogens (tertiary/aromatic N) is 1. The average molecular weight is 245 g/mol. The van der Waals surface area contributed by atoms with Gasteiger partial charge in [-0.1, -0.05) is 27.2 Å². The van der Waals surface area contributed by atoms with E-state index < -0.39 is 18.7 Å². The van der Waals surface area contributed by atoms with Crippen molar-refractivity contribution in [3.63, 3.8) is 0 Å². The van der Waals surface area contributed by atoms with Crippen molar-refractivity contribution >= 4 is 12.1 Å². The summed E-state index contributed by atoms with van der Waals surface area (Å²) in [7, 11) is 0. The fourth-order valence-electron chi connectivity index (χ4n) is 2.78. The molecule has 17 heavy (non-hydrogen) atoms. The molecule has 0 spiro atoms. The van der Waals surface area contributed by atoms with Crippen LogP contribution in [-0.4, -0.2) is 34.7 Å². The number of amides is 1. The van der Waals surface area contributed by atoms with E-state index in [-0.39, 0.29) is 17.4 Å². The van der Waals surface area contributed by atoms with Gasteiger partial charge < -0.3 is 5.11 Å². The van der Waals surface area contributed by atoms with Crippen LogP contribution in [0.4, 0.5) is 9.18 Å². The summed E-state index contributed by atoms with van der Waals surface area (Å²) in [5.41, 5.74) is -0.0335. The Morgan fingerprint density at radius 3 is 2.35 bits per heavy atom. The lowest BCUT2D eigenvalue weighted by atomic mass is 9.77. The van der Waals surface area contributed by atoms with Crippen molar-refractivity contribution in [3.8, 4) is 0 Å². The van der Waals surface area contributed by atoms with E-state index in [9.17, 15) is 14.0 Å². The van der Waals surface area contributed by atoms with Gasteiger partial charge in [0.1, 0.15) is 6.54 Å². The van der Waals surface area contributed by atoms with Crippen molar-refractivity contribution in [2.24, 2.45) is 11.3 Å². The molecule has 5 heteroatoms. The summed E-state index contributed by atoms with van der Waals surface area (Å²) in [6, 6.07) is -1.83. The number of hydrogen-bond acceptors (Lipinski definition) is 2. The number of hydrogen-bond donors (Lipinski definition) is 1. The molecule has 1 saturated carbocycles. The Morgan fingerprint density at radius 2 is 1.94 bits per heavy atom. The molecule has 2 unspecified atom stereocenters. The lowest BCUT2D eigenvalue weighted by Gasteiger charge is -2.37. The van der Waals surface area contributed by atoms with Crippen molar-refractivity contribution in [1.29, 1.82) is 0 Å². The number of carbonyl (C=O) groups is 2. The van der Waals surface area contributed by atoms with Crippen molar-refractivity contribution in [1.82, 2.24) is 4.90 Å². The molecule has 0 aliphatic heterocycles. The summed E-state index contributed by atoms with van der Waals surface area (Å²) < 4.78 is 12.4. The number of carboxylic acid groups (broad SMARTS) is 1. The molecule has 0 heterocycles. The van der Waals surface area contributed by atoms with Crippen molar-refractivity contribution in [3.05, 3.63) is 0 Å². The van der Waals surface area contributed by atoms with Crippen LogP contribution in [0.1, 0.15) is 40.0 Å². The Morgan fingerprint density at radius 1 is 1.35 bits per heavy atom. The highest BCUT2D eigenvalue weighted by Gasteiger charge is 2.41. The molecule has 0 radical (unpaired) electrons. The standard InChI is InChI=1S/C12H20FNO3/c1-12(2,3)8-5-4-6-9(8)14(11(16)17)7-10(13)15/h8-9H,4-7H2,1-3H3,(H,16,17). The van der Waals surface area contributed by atoms with Crippen LogP contribution < -0.4 is 0 Å². The van der Waals surface area contributed by atoms with Crippen LogP contribution in [0.25, 0.3) is 0 Å². The fraction of sp³-hybridized carbons (Fsp3) is 0.833. The first-order valence-electron chi connectivity index (χ1n) is 5.91. The molecular weight excluding hydrogens is 225 g/mol. The van der Waals surface area contributed by atoms with E-state index in [1.807, 2.05) is 20.8 Å². The second kappa shape index (κ2) is 5.02. The van der Waals surface area contributed by atoms with Crippen LogP contribution in [0.3, 0.4) is 0 Å². The van der Waals surface area contributed by atoms with E-state index >= 15 is 0 Å². The molecule has 98 valence electrons.